The Bertz CT molecular complexity index is 1080. The van der Waals surface area contributed by atoms with Gasteiger partial charge >= 0.3 is 12.1 Å². The normalized spacial score (nSPS) is 13.8. The van der Waals surface area contributed by atoms with Gasteiger partial charge < -0.3 is 10.1 Å². The van der Waals surface area contributed by atoms with Gasteiger partial charge in [-0.15, -0.1) is 11.3 Å². The lowest BCUT2D eigenvalue weighted by molar-refractivity contribution is -0.137. The summed E-state index contributed by atoms with van der Waals surface area (Å²) in [6.07, 6.45) is -0.0788. The molecule has 0 saturated heterocycles. The maximum atomic E-state index is 12.9. The molecule has 1 amide bonds. The molecule has 9 heteroatoms. The maximum Gasteiger partial charge on any atom is 0.416 e. The molecule has 3 rings (SSSR count). The Labute approximate surface area is 181 Å². The lowest BCUT2D eigenvalue weighted by Crippen LogP contribution is -2.16. The molecule has 0 bridgehead atoms. The molecule has 1 N–H and O–H groups in total. The summed E-state index contributed by atoms with van der Waals surface area (Å²) in [4.78, 5) is 26.2. The quantitative estimate of drug-likeness (QED) is 0.379. The highest BCUT2D eigenvalue weighted by Crippen LogP contribution is 2.39. The van der Waals surface area contributed by atoms with Gasteiger partial charge in [-0.2, -0.15) is 18.4 Å². The number of anilines is 1. The molecular weight excluding hydrogens is 429 g/mol. The molecule has 0 aliphatic heterocycles. The Kier molecular flexibility index (Phi) is 6.81. The summed E-state index contributed by atoms with van der Waals surface area (Å²) in [5.41, 5.74) is -0.0378. The van der Waals surface area contributed by atoms with Gasteiger partial charge in [0, 0.05) is 4.88 Å². The number of fused-ring (bicyclic) bond motifs is 1. The number of alkyl halides is 3. The predicted molar refractivity (Wildman–Crippen MR) is 111 cm³/mol. The van der Waals surface area contributed by atoms with Crippen molar-refractivity contribution in [2.45, 2.75) is 38.8 Å². The second-order valence-corrected chi connectivity index (χ2v) is 7.99. The molecule has 1 aliphatic carbocycles. The fourth-order valence-corrected chi connectivity index (χ4v) is 4.64. The van der Waals surface area contributed by atoms with Gasteiger partial charge in [0.05, 0.1) is 17.7 Å². The van der Waals surface area contributed by atoms with E-state index in [9.17, 15) is 28.0 Å². The molecule has 2 aromatic rings. The van der Waals surface area contributed by atoms with Crippen LogP contribution in [0.4, 0.5) is 18.2 Å². The van der Waals surface area contributed by atoms with Crippen molar-refractivity contribution in [2.75, 3.05) is 11.9 Å². The van der Waals surface area contributed by atoms with Crippen molar-refractivity contribution in [3.63, 3.8) is 0 Å². The average Bonchev–Trinajstić information content (AvgIpc) is 3.09. The van der Waals surface area contributed by atoms with E-state index in [1.807, 2.05) is 0 Å². The van der Waals surface area contributed by atoms with E-state index in [1.165, 1.54) is 23.5 Å². The Morgan fingerprint density at radius 1 is 1.29 bits per heavy atom. The lowest BCUT2D eigenvalue weighted by Gasteiger charge is -2.12. The molecule has 1 aromatic carbocycles. The van der Waals surface area contributed by atoms with E-state index < -0.39 is 23.6 Å². The summed E-state index contributed by atoms with van der Waals surface area (Å²) in [5, 5.41) is 12.3. The average molecular weight is 448 g/mol. The molecule has 1 aliphatic rings. The van der Waals surface area contributed by atoms with Crippen LogP contribution in [0.2, 0.25) is 0 Å². The van der Waals surface area contributed by atoms with Crippen LogP contribution in [0.25, 0.3) is 6.08 Å². The van der Waals surface area contributed by atoms with Gasteiger partial charge in [0.1, 0.15) is 16.6 Å². The molecule has 0 spiro atoms. The smallest absolute Gasteiger partial charge is 0.416 e. The van der Waals surface area contributed by atoms with Gasteiger partial charge in [0.15, 0.2) is 0 Å². The number of aryl methyl sites for hydroxylation is 1. The fourth-order valence-electron chi connectivity index (χ4n) is 3.36. The van der Waals surface area contributed by atoms with Crippen molar-refractivity contribution < 1.29 is 27.5 Å². The van der Waals surface area contributed by atoms with Crippen LogP contribution >= 0.6 is 11.3 Å². The summed E-state index contributed by atoms with van der Waals surface area (Å²) < 4.78 is 43.9. The minimum Gasteiger partial charge on any atom is -0.462 e. The number of carbonyl (C=O) groups is 2. The third-order valence-electron chi connectivity index (χ3n) is 4.77. The number of hydrogen-bond donors (Lipinski definition) is 1. The third kappa shape index (κ3) is 5.14. The Morgan fingerprint density at radius 2 is 2.03 bits per heavy atom. The molecule has 5 nitrogen and oxygen atoms in total. The monoisotopic (exact) mass is 448 g/mol. The molecule has 0 saturated carbocycles. The largest absolute Gasteiger partial charge is 0.462 e. The first-order chi connectivity index (χ1) is 14.7. The number of nitrogens with zero attached hydrogens (tertiary/aromatic N) is 1. The van der Waals surface area contributed by atoms with Crippen LogP contribution in [0.1, 0.15) is 51.7 Å². The molecule has 0 atom stereocenters. The van der Waals surface area contributed by atoms with Crippen LogP contribution in [0.15, 0.2) is 29.8 Å². The molecule has 31 heavy (non-hydrogen) atoms. The van der Waals surface area contributed by atoms with E-state index in [0.717, 1.165) is 47.9 Å². The molecule has 162 valence electrons. The van der Waals surface area contributed by atoms with Gasteiger partial charge in [-0.3, -0.25) is 4.79 Å². The number of thiophene rings is 1. The number of hydrogen-bond acceptors (Lipinski definition) is 5. The van der Waals surface area contributed by atoms with Crippen LogP contribution in [-0.4, -0.2) is 18.5 Å². The van der Waals surface area contributed by atoms with Gasteiger partial charge in [-0.05, 0) is 61.9 Å². The number of ether oxygens (including phenoxy) is 1. The minimum atomic E-state index is -4.54. The number of benzene rings is 1. The van der Waals surface area contributed by atoms with Crippen molar-refractivity contribution >= 4 is 34.3 Å². The summed E-state index contributed by atoms with van der Waals surface area (Å²) in [6.45, 7) is 1.86. The van der Waals surface area contributed by atoms with Crippen LogP contribution in [0.3, 0.4) is 0 Å². The second-order valence-electron chi connectivity index (χ2n) is 6.88. The highest BCUT2D eigenvalue weighted by Gasteiger charge is 2.30. The Morgan fingerprint density at radius 3 is 2.71 bits per heavy atom. The predicted octanol–water partition coefficient (Wildman–Crippen LogP) is 5.37. The standard InChI is InChI=1S/C22H19F3N2O3S/c1-2-30-21(29)18-16-8-3-4-9-17(16)31-20(18)27-19(28)14(12-26)10-13-6-5-7-15(11-13)22(23,24)25/h5-7,10-11H,2-4,8-9H2,1H3,(H,27,28)/b14-10+. The van der Waals surface area contributed by atoms with Crippen LogP contribution in [0.5, 0.6) is 0 Å². The highest BCUT2D eigenvalue weighted by atomic mass is 32.1. The third-order valence-corrected chi connectivity index (χ3v) is 5.98. The SMILES string of the molecule is CCOC(=O)c1c(NC(=O)/C(C#N)=C/c2cccc(C(F)(F)F)c2)sc2c1CCCC2. The van der Waals surface area contributed by atoms with E-state index in [2.05, 4.69) is 5.32 Å². The van der Waals surface area contributed by atoms with E-state index in [-0.39, 0.29) is 17.7 Å². The molecule has 0 unspecified atom stereocenters. The Balaban J connectivity index is 1.91. The number of esters is 1. The zero-order valence-electron chi connectivity index (χ0n) is 16.6. The summed E-state index contributed by atoms with van der Waals surface area (Å²) in [7, 11) is 0. The molecule has 1 heterocycles. The van der Waals surface area contributed by atoms with Gasteiger partial charge in [-0.1, -0.05) is 12.1 Å². The van der Waals surface area contributed by atoms with Crippen molar-refractivity contribution in [1.29, 1.82) is 5.26 Å². The number of nitrogens with one attached hydrogen (secondary N) is 1. The first kappa shape index (κ1) is 22.6. The van der Waals surface area contributed by atoms with Crippen LogP contribution in [0, 0.1) is 11.3 Å². The molecule has 0 radical (unpaired) electrons. The van der Waals surface area contributed by atoms with Crippen LogP contribution in [-0.2, 0) is 28.5 Å². The number of rotatable bonds is 5. The Hall–Kier alpha value is -3.12. The second kappa shape index (κ2) is 9.35. The first-order valence-corrected chi connectivity index (χ1v) is 10.5. The van der Waals surface area contributed by atoms with E-state index in [1.54, 1.807) is 13.0 Å². The molecular formula is C22H19F3N2O3S. The molecule has 1 aromatic heterocycles. The fraction of sp³-hybridized carbons (Fsp3) is 0.318. The van der Waals surface area contributed by atoms with Crippen LogP contribution < -0.4 is 5.32 Å². The van der Waals surface area contributed by atoms with E-state index in [4.69, 9.17) is 4.74 Å². The van der Waals surface area contributed by atoms with E-state index in [0.29, 0.717) is 17.0 Å². The number of amides is 1. The van der Waals surface area contributed by atoms with Gasteiger partial charge in [-0.25, -0.2) is 4.79 Å². The lowest BCUT2D eigenvalue weighted by atomic mass is 9.95. The summed E-state index contributed by atoms with van der Waals surface area (Å²) in [6, 6.07) is 6.06. The van der Waals surface area contributed by atoms with Gasteiger partial charge in [0.2, 0.25) is 0 Å². The zero-order valence-corrected chi connectivity index (χ0v) is 17.5. The summed E-state index contributed by atoms with van der Waals surface area (Å²) >= 11 is 1.27. The van der Waals surface area contributed by atoms with Crippen molar-refractivity contribution in [3.8, 4) is 6.07 Å². The topological polar surface area (TPSA) is 79.2 Å². The molecule has 0 fully saturated rings. The van der Waals surface area contributed by atoms with Crippen molar-refractivity contribution in [2.24, 2.45) is 0 Å². The number of nitriles is 1. The van der Waals surface area contributed by atoms with Crippen molar-refractivity contribution in [3.05, 3.63) is 57.0 Å². The number of halogens is 3. The number of carbonyl (C=O) groups excluding carboxylic acids is 2. The zero-order chi connectivity index (χ0) is 22.6. The van der Waals surface area contributed by atoms with E-state index >= 15 is 0 Å². The summed E-state index contributed by atoms with van der Waals surface area (Å²) in [5.74, 6) is -1.35. The first-order valence-electron chi connectivity index (χ1n) is 9.66. The van der Waals surface area contributed by atoms with Gasteiger partial charge in [0.25, 0.3) is 5.91 Å². The maximum absolute atomic E-state index is 12.9. The van der Waals surface area contributed by atoms with Crippen molar-refractivity contribution in [1.82, 2.24) is 0 Å². The minimum absolute atomic E-state index is 0.0672. The highest BCUT2D eigenvalue weighted by molar-refractivity contribution is 7.17.